The van der Waals surface area contributed by atoms with Crippen molar-refractivity contribution in [3.8, 4) is 0 Å². The van der Waals surface area contributed by atoms with Gasteiger partial charge in [-0.3, -0.25) is 5.32 Å². The molecular formula is C8H17NO3. The van der Waals surface area contributed by atoms with Crippen LogP contribution in [0.25, 0.3) is 0 Å². The minimum absolute atomic E-state index is 0.0935. The molecule has 0 spiro atoms. The van der Waals surface area contributed by atoms with Crippen LogP contribution in [0.2, 0.25) is 0 Å². The molecule has 0 aliphatic heterocycles. The lowest BCUT2D eigenvalue weighted by molar-refractivity contribution is 0.0523. The molecule has 0 heterocycles. The van der Waals surface area contributed by atoms with Crippen molar-refractivity contribution in [1.29, 1.82) is 0 Å². The lowest BCUT2D eigenvalue weighted by Gasteiger charge is -2.11. The third kappa shape index (κ3) is 7.34. The van der Waals surface area contributed by atoms with E-state index in [1.54, 1.807) is 13.8 Å². The van der Waals surface area contributed by atoms with E-state index >= 15 is 0 Å². The number of carbonyl (C=O) groups excluding carboxylic acids is 1. The maximum atomic E-state index is 10.8. The van der Waals surface area contributed by atoms with Crippen LogP contribution in [-0.2, 0) is 9.47 Å². The Hall–Kier alpha value is -0.770. The molecule has 1 amide bonds. The van der Waals surface area contributed by atoms with Crippen LogP contribution in [0.3, 0.4) is 0 Å². The number of hydrogen-bond acceptors (Lipinski definition) is 3. The van der Waals surface area contributed by atoms with Crippen LogP contribution in [0.15, 0.2) is 0 Å². The molecule has 0 fully saturated rings. The van der Waals surface area contributed by atoms with E-state index < -0.39 is 6.09 Å². The summed E-state index contributed by atoms with van der Waals surface area (Å²) >= 11 is 0. The molecule has 0 rings (SSSR count). The van der Waals surface area contributed by atoms with Crippen molar-refractivity contribution in [3.05, 3.63) is 0 Å². The molecular weight excluding hydrogens is 158 g/mol. The van der Waals surface area contributed by atoms with Gasteiger partial charge >= 0.3 is 6.09 Å². The zero-order chi connectivity index (χ0) is 9.56. The van der Waals surface area contributed by atoms with Gasteiger partial charge in [0.1, 0.15) is 6.73 Å². The fourth-order valence-electron chi connectivity index (χ4n) is 0.523. The molecule has 1 N–H and O–H groups in total. The fraction of sp³-hybridized carbons (Fsp3) is 0.875. The Morgan fingerprint density at radius 2 is 1.83 bits per heavy atom. The maximum absolute atomic E-state index is 10.8. The molecule has 0 saturated heterocycles. The van der Waals surface area contributed by atoms with E-state index in [2.05, 4.69) is 5.32 Å². The predicted molar refractivity (Wildman–Crippen MR) is 45.8 cm³/mol. The maximum Gasteiger partial charge on any atom is 0.409 e. The van der Waals surface area contributed by atoms with E-state index in [0.717, 1.165) is 0 Å². The normalized spacial score (nSPS) is 10.5. The first kappa shape index (κ1) is 11.2. The summed E-state index contributed by atoms with van der Waals surface area (Å²) in [4.78, 5) is 10.8. The monoisotopic (exact) mass is 175 g/mol. The topological polar surface area (TPSA) is 47.6 Å². The highest BCUT2D eigenvalue weighted by Gasteiger charge is 2.03. The third-order valence-corrected chi connectivity index (χ3v) is 0.976. The van der Waals surface area contributed by atoms with Crippen molar-refractivity contribution >= 4 is 6.09 Å². The van der Waals surface area contributed by atoms with Gasteiger partial charge in [-0.1, -0.05) is 0 Å². The Morgan fingerprint density at radius 3 is 2.25 bits per heavy atom. The molecule has 0 radical (unpaired) electrons. The highest BCUT2D eigenvalue weighted by atomic mass is 16.6. The summed E-state index contributed by atoms with van der Waals surface area (Å²) < 4.78 is 9.88. The van der Waals surface area contributed by atoms with Crippen molar-refractivity contribution in [2.24, 2.45) is 0 Å². The Bertz CT molecular complexity index is 134. The van der Waals surface area contributed by atoms with Crippen LogP contribution in [0.1, 0.15) is 27.7 Å². The van der Waals surface area contributed by atoms with Crippen molar-refractivity contribution in [2.75, 3.05) is 6.73 Å². The van der Waals surface area contributed by atoms with Crippen molar-refractivity contribution in [2.45, 2.75) is 39.9 Å². The quantitative estimate of drug-likeness (QED) is 0.659. The molecule has 0 aromatic carbocycles. The van der Waals surface area contributed by atoms with Crippen LogP contribution >= 0.6 is 0 Å². The molecule has 0 aromatic heterocycles. The Balaban J connectivity index is 3.32. The van der Waals surface area contributed by atoms with E-state index in [1.165, 1.54) is 0 Å². The van der Waals surface area contributed by atoms with Gasteiger partial charge in [0.25, 0.3) is 0 Å². The van der Waals surface area contributed by atoms with Gasteiger partial charge in [-0.15, -0.1) is 0 Å². The molecule has 4 heteroatoms. The van der Waals surface area contributed by atoms with Crippen molar-refractivity contribution < 1.29 is 14.3 Å². The van der Waals surface area contributed by atoms with Crippen molar-refractivity contribution in [3.63, 3.8) is 0 Å². The smallest absolute Gasteiger partial charge is 0.409 e. The minimum atomic E-state index is -0.439. The van der Waals surface area contributed by atoms with Crippen molar-refractivity contribution in [1.82, 2.24) is 5.32 Å². The van der Waals surface area contributed by atoms with E-state index in [-0.39, 0.29) is 18.9 Å². The van der Waals surface area contributed by atoms with E-state index in [4.69, 9.17) is 9.47 Å². The zero-order valence-corrected chi connectivity index (χ0v) is 8.09. The van der Waals surface area contributed by atoms with Gasteiger partial charge in [-0.25, -0.2) is 4.79 Å². The molecule has 0 aliphatic rings. The van der Waals surface area contributed by atoms with Gasteiger partial charge in [-0.2, -0.15) is 0 Å². The Morgan fingerprint density at radius 1 is 1.25 bits per heavy atom. The molecule has 0 atom stereocenters. The molecule has 0 unspecified atom stereocenters. The molecule has 72 valence electrons. The van der Waals surface area contributed by atoms with Crippen LogP contribution in [0.4, 0.5) is 4.79 Å². The lowest BCUT2D eigenvalue weighted by Crippen LogP contribution is -2.30. The molecule has 12 heavy (non-hydrogen) atoms. The predicted octanol–water partition coefficient (Wildman–Crippen LogP) is 1.50. The molecule has 4 nitrogen and oxygen atoms in total. The highest BCUT2D eigenvalue weighted by molar-refractivity contribution is 5.67. The molecule has 0 aromatic rings. The van der Waals surface area contributed by atoms with E-state index in [0.29, 0.717) is 0 Å². The van der Waals surface area contributed by atoms with Gasteiger partial charge in [-0.05, 0) is 27.7 Å². The minimum Gasteiger partial charge on any atom is -0.447 e. The van der Waals surface area contributed by atoms with Gasteiger partial charge in [0.2, 0.25) is 0 Å². The molecule has 0 bridgehead atoms. The largest absolute Gasteiger partial charge is 0.447 e. The van der Waals surface area contributed by atoms with Gasteiger partial charge < -0.3 is 9.47 Å². The first-order chi connectivity index (χ1) is 5.52. The SMILES string of the molecule is CC(C)OCNC(=O)OC(C)C. The summed E-state index contributed by atoms with van der Waals surface area (Å²) in [5.41, 5.74) is 0. The standard InChI is InChI=1S/C8H17NO3/c1-6(2)11-5-9-8(10)12-7(3)4/h6-7H,5H2,1-4H3,(H,9,10). The first-order valence-electron chi connectivity index (χ1n) is 4.08. The molecule has 0 saturated carbocycles. The van der Waals surface area contributed by atoms with Gasteiger partial charge in [0.05, 0.1) is 12.2 Å². The number of ether oxygens (including phenoxy) is 2. The van der Waals surface area contributed by atoms with Gasteiger partial charge in [0, 0.05) is 0 Å². The Kier molecular flexibility index (Phi) is 5.45. The average molecular weight is 175 g/mol. The van der Waals surface area contributed by atoms with Crippen LogP contribution in [0.5, 0.6) is 0 Å². The number of rotatable bonds is 4. The van der Waals surface area contributed by atoms with E-state index in [9.17, 15) is 4.79 Å². The number of carbonyl (C=O) groups is 1. The summed E-state index contributed by atoms with van der Waals surface area (Å²) in [5, 5.41) is 2.46. The second-order valence-electron chi connectivity index (χ2n) is 2.99. The number of hydrogen-bond donors (Lipinski definition) is 1. The van der Waals surface area contributed by atoms with Crippen LogP contribution in [0, 0.1) is 0 Å². The second-order valence-corrected chi connectivity index (χ2v) is 2.99. The lowest BCUT2D eigenvalue weighted by atomic mass is 10.5. The number of alkyl carbamates (subject to hydrolysis) is 1. The second kappa shape index (κ2) is 5.83. The van der Waals surface area contributed by atoms with E-state index in [1.807, 2.05) is 13.8 Å². The summed E-state index contributed by atoms with van der Waals surface area (Å²) in [6, 6.07) is 0. The third-order valence-electron chi connectivity index (χ3n) is 0.976. The number of nitrogens with one attached hydrogen (secondary N) is 1. The average Bonchev–Trinajstić information content (AvgIpc) is 1.84. The zero-order valence-electron chi connectivity index (χ0n) is 8.09. The van der Waals surface area contributed by atoms with Gasteiger partial charge in [0.15, 0.2) is 0 Å². The fourth-order valence-corrected chi connectivity index (χ4v) is 0.523. The Labute approximate surface area is 73.2 Å². The van der Waals surface area contributed by atoms with Crippen LogP contribution in [-0.4, -0.2) is 25.0 Å². The molecule has 0 aliphatic carbocycles. The summed E-state index contributed by atoms with van der Waals surface area (Å²) in [7, 11) is 0. The highest BCUT2D eigenvalue weighted by Crippen LogP contribution is 1.89. The summed E-state index contributed by atoms with van der Waals surface area (Å²) in [5.74, 6) is 0. The van der Waals surface area contributed by atoms with Crippen LogP contribution < -0.4 is 5.32 Å². The first-order valence-corrected chi connectivity index (χ1v) is 4.08. The number of amides is 1. The summed E-state index contributed by atoms with van der Waals surface area (Å²) in [6.45, 7) is 7.58. The summed E-state index contributed by atoms with van der Waals surface area (Å²) in [6.07, 6.45) is -0.418.